The molecule has 5 nitrogen and oxygen atoms in total. The van der Waals surface area contributed by atoms with Gasteiger partial charge in [0.15, 0.2) is 0 Å². The van der Waals surface area contributed by atoms with E-state index >= 15 is 0 Å². The Hall–Kier alpha value is -0.530. The van der Waals surface area contributed by atoms with Crippen LogP contribution in [-0.2, 0) is 14.8 Å². The average Bonchev–Trinajstić information content (AvgIpc) is 2.86. The second kappa shape index (κ2) is 6.71. The van der Waals surface area contributed by atoms with Gasteiger partial charge in [-0.05, 0) is 25.0 Å². The molecular formula is C13H18Cl2N2O3S. The van der Waals surface area contributed by atoms with Gasteiger partial charge < -0.3 is 10.5 Å². The monoisotopic (exact) mass is 352 g/mol. The fourth-order valence-corrected chi connectivity index (χ4v) is 5.03. The lowest BCUT2D eigenvalue weighted by Crippen LogP contribution is -2.37. The van der Waals surface area contributed by atoms with Gasteiger partial charge in [0, 0.05) is 25.4 Å². The van der Waals surface area contributed by atoms with E-state index in [0.717, 1.165) is 12.8 Å². The summed E-state index contributed by atoms with van der Waals surface area (Å²) in [5.41, 5.74) is 5.94. The van der Waals surface area contributed by atoms with Crippen molar-refractivity contribution in [2.24, 2.45) is 0 Å². The van der Waals surface area contributed by atoms with E-state index in [4.69, 9.17) is 33.7 Å². The van der Waals surface area contributed by atoms with Gasteiger partial charge in [0.1, 0.15) is 4.90 Å². The first-order valence-electron chi connectivity index (χ1n) is 6.72. The highest BCUT2D eigenvalue weighted by atomic mass is 35.5. The van der Waals surface area contributed by atoms with Crippen LogP contribution in [0.15, 0.2) is 17.0 Å². The number of halogens is 2. The maximum Gasteiger partial charge on any atom is 0.246 e. The standard InChI is InChI=1S/C13H18Cl2N2O3S/c1-2-17(8-10-4-3-5-20-10)21(18,19)13-11(14)6-9(16)7-12(13)15/h6-7,10H,2-5,8,16H2,1H3. The van der Waals surface area contributed by atoms with Crippen molar-refractivity contribution >= 4 is 38.9 Å². The predicted molar refractivity (Wildman–Crippen MR) is 84.3 cm³/mol. The SMILES string of the molecule is CCN(CC1CCCO1)S(=O)(=O)c1c(Cl)cc(N)cc1Cl. The van der Waals surface area contributed by atoms with Crippen LogP contribution < -0.4 is 5.73 Å². The number of ether oxygens (including phenoxy) is 1. The Bertz CT molecular complexity index is 593. The minimum atomic E-state index is -3.78. The third kappa shape index (κ3) is 3.63. The van der Waals surface area contributed by atoms with Crippen LogP contribution in [0.2, 0.25) is 10.0 Å². The normalized spacial score (nSPS) is 19.3. The van der Waals surface area contributed by atoms with Crippen molar-refractivity contribution in [1.29, 1.82) is 0 Å². The highest BCUT2D eigenvalue weighted by molar-refractivity contribution is 7.89. The zero-order valence-corrected chi connectivity index (χ0v) is 14.0. The Morgan fingerprint density at radius 3 is 2.48 bits per heavy atom. The fraction of sp³-hybridized carbons (Fsp3) is 0.538. The molecule has 0 radical (unpaired) electrons. The molecule has 0 bridgehead atoms. The number of benzene rings is 1. The Kier molecular flexibility index (Phi) is 5.38. The summed E-state index contributed by atoms with van der Waals surface area (Å²) in [7, 11) is -3.78. The molecule has 1 saturated heterocycles. The number of likely N-dealkylation sites (N-methyl/N-ethyl adjacent to an activating group) is 1. The molecule has 2 rings (SSSR count). The van der Waals surface area contributed by atoms with Crippen molar-refractivity contribution in [1.82, 2.24) is 4.31 Å². The highest BCUT2D eigenvalue weighted by Gasteiger charge is 2.31. The molecule has 1 fully saturated rings. The molecule has 118 valence electrons. The molecule has 1 aromatic carbocycles. The molecule has 2 N–H and O–H groups in total. The van der Waals surface area contributed by atoms with E-state index in [0.29, 0.717) is 25.4 Å². The van der Waals surface area contributed by atoms with Gasteiger partial charge in [0.2, 0.25) is 10.0 Å². The molecule has 1 aliphatic heterocycles. The van der Waals surface area contributed by atoms with Gasteiger partial charge >= 0.3 is 0 Å². The summed E-state index contributed by atoms with van der Waals surface area (Å²) >= 11 is 12.1. The molecule has 21 heavy (non-hydrogen) atoms. The second-order valence-electron chi connectivity index (χ2n) is 4.90. The summed E-state index contributed by atoms with van der Waals surface area (Å²) in [6, 6.07) is 2.78. The first kappa shape index (κ1) is 16.8. The van der Waals surface area contributed by atoms with Crippen LogP contribution in [0, 0.1) is 0 Å². The molecular weight excluding hydrogens is 335 g/mol. The van der Waals surface area contributed by atoms with E-state index in [1.807, 2.05) is 0 Å². The first-order valence-corrected chi connectivity index (χ1v) is 8.92. The van der Waals surface area contributed by atoms with Crippen molar-refractivity contribution < 1.29 is 13.2 Å². The van der Waals surface area contributed by atoms with E-state index in [1.165, 1.54) is 16.4 Å². The number of nitrogens with two attached hydrogens (primary N) is 1. The molecule has 1 unspecified atom stereocenters. The van der Waals surface area contributed by atoms with Crippen molar-refractivity contribution in [2.75, 3.05) is 25.4 Å². The summed E-state index contributed by atoms with van der Waals surface area (Å²) in [5.74, 6) is 0. The van der Waals surface area contributed by atoms with Crippen LogP contribution in [0.4, 0.5) is 5.69 Å². The summed E-state index contributed by atoms with van der Waals surface area (Å²) in [4.78, 5) is -0.0973. The Balaban J connectivity index is 2.35. The number of nitrogen functional groups attached to an aromatic ring is 1. The number of anilines is 1. The molecule has 1 heterocycles. The number of sulfonamides is 1. The third-order valence-electron chi connectivity index (χ3n) is 3.40. The van der Waals surface area contributed by atoms with Gasteiger partial charge in [0.25, 0.3) is 0 Å². The summed E-state index contributed by atoms with van der Waals surface area (Å²) in [6.45, 7) is 3.06. The van der Waals surface area contributed by atoms with Gasteiger partial charge in [-0.1, -0.05) is 30.1 Å². The van der Waals surface area contributed by atoms with Crippen LogP contribution >= 0.6 is 23.2 Å². The van der Waals surface area contributed by atoms with E-state index in [9.17, 15) is 8.42 Å². The molecule has 0 spiro atoms. The van der Waals surface area contributed by atoms with Gasteiger partial charge in [-0.3, -0.25) is 0 Å². The van der Waals surface area contributed by atoms with Crippen molar-refractivity contribution in [2.45, 2.75) is 30.8 Å². The molecule has 0 amide bonds. The average molecular weight is 353 g/mol. The molecule has 1 atom stereocenters. The van der Waals surface area contributed by atoms with Crippen molar-refractivity contribution in [3.8, 4) is 0 Å². The van der Waals surface area contributed by atoms with Gasteiger partial charge in [0.05, 0.1) is 16.1 Å². The van der Waals surface area contributed by atoms with Gasteiger partial charge in [-0.2, -0.15) is 4.31 Å². The van der Waals surface area contributed by atoms with Crippen molar-refractivity contribution in [3.05, 3.63) is 22.2 Å². The van der Waals surface area contributed by atoms with E-state index < -0.39 is 10.0 Å². The van der Waals surface area contributed by atoms with Crippen LogP contribution in [0.5, 0.6) is 0 Å². The minimum Gasteiger partial charge on any atom is -0.399 e. The van der Waals surface area contributed by atoms with Crippen LogP contribution in [-0.4, -0.2) is 38.5 Å². The molecule has 1 aromatic rings. The number of rotatable bonds is 5. The predicted octanol–water partition coefficient (Wildman–Crippen LogP) is 2.77. The highest BCUT2D eigenvalue weighted by Crippen LogP contribution is 2.34. The van der Waals surface area contributed by atoms with Crippen LogP contribution in [0.3, 0.4) is 0 Å². The van der Waals surface area contributed by atoms with Gasteiger partial charge in [-0.25, -0.2) is 8.42 Å². The fourth-order valence-electron chi connectivity index (χ4n) is 2.37. The zero-order chi connectivity index (χ0) is 15.6. The third-order valence-corrected chi connectivity index (χ3v) is 6.27. The molecule has 8 heteroatoms. The molecule has 0 saturated carbocycles. The Labute approximate surface area is 135 Å². The molecule has 1 aliphatic rings. The van der Waals surface area contributed by atoms with Gasteiger partial charge in [-0.15, -0.1) is 0 Å². The zero-order valence-electron chi connectivity index (χ0n) is 11.7. The number of hydrogen-bond acceptors (Lipinski definition) is 4. The largest absolute Gasteiger partial charge is 0.399 e. The topological polar surface area (TPSA) is 72.6 Å². The number of hydrogen-bond donors (Lipinski definition) is 1. The van der Waals surface area contributed by atoms with Crippen LogP contribution in [0.25, 0.3) is 0 Å². The lowest BCUT2D eigenvalue weighted by molar-refractivity contribution is 0.0947. The van der Waals surface area contributed by atoms with E-state index in [-0.39, 0.29) is 21.0 Å². The number of nitrogens with zero attached hydrogens (tertiary/aromatic N) is 1. The smallest absolute Gasteiger partial charge is 0.246 e. The summed E-state index contributed by atoms with van der Waals surface area (Å²) < 4.78 is 32.4. The maximum absolute atomic E-state index is 12.8. The summed E-state index contributed by atoms with van der Waals surface area (Å²) in [6.07, 6.45) is 1.73. The van der Waals surface area contributed by atoms with E-state index in [2.05, 4.69) is 0 Å². The molecule has 0 aliphatic carbocycles. The first-order chi connectivity index (χ1) is 9.86. The van der Waals surface area contributed by atoms with Crippen molar-refractivity contribution in [3.63, 3.8) is 0 Å². The quantitative estimate of drug-likeness (QED) is 0.827. The molecule has 0 aromatic heterocycles. The van der Waals surface area contributed by atoms with Crippen LogP contribution in [0.1, 0.15) is 19.8 Å². The lowest BCUT2D eigenvalue weighted by Gasteiger charge is -2.24. The second-order valence-corrected chi connectivity index (χ2v) is 7.59. The minimum absolute atomic E-state index is 0.0331. The Morgan fingerprint density at radius 1 is 1.38 bits per heavy atom. The maximum atomic E-state index is 12.8. The Morgan fingerprint density at radius 2 is 2.00 bits per heavy atom. The lowest BCUT2D eigenvalue weighted by atomic mass is 10.2. The van der Waals surface area contributed by atoms with E-state index in [1.54, 1.807) is 6.92 Å². The summed E-state index contributed by atoms with van der Waals surface area (Å²) in [5, 5.41) is 0.0663.